The Kier molecular flexibility index (Phi) is 4.44. The summed E-state index contributed by atoms with van der Waals surface area (Å²) in [5.41, 5.74) is 1.74. The summed E-state index contributed by atoms with van der Waals surface area (Å²) in [5.74, 6) is -0.913. The number of fused-ring (bicyclic) bond motifs is 1. The summed E-state index contributed by atoms with van der Waals surface area (Å²) in [6, 6.07) is 11.6. The van der Waals surface area contributed by atoms with Crippen molar-refractivity contribution < 1.29 is 14.4 Å². The zero-order chi connectivity index (χ0) is 19.8. The van der Waals surface area contributed by atoms with Crippen molar-refractivity contribution in [3.63, 3.8) is 0 Å². The fraction of sp³-hybridized carbons (Fsp3) is 0.100. The predicted octanol–water partition coefficient (Wildman–Crippen LogP) is 3.12. The van der Waals surface area contributed by atoms with Gasteiger partial charge in [0, 0.05) is 30.2 Å². The minimum absolute atomic E-state index is 0.0108. The lowest BCUT2D eigenvalue weighted by molar-refractivity contribution is 0.0642. The Morgan fingerprint density at radius 1 is 1.11 bits per heavy atom. The third-order valence-corrected chi connectivity index (χ3v) is 4.78. The highest BCUT2D eigenvalue weighted by molar-refractivity contribution is 6.30. The SMILES string of the molecule is Cn1ccnc1C(=O)Nc1ccc(Cl)cc1CN1C(=O)c2ccccc2C1=O. The third kappa shape index (κ3) is 3.05. The number of halogens is 1. The maximum absolute atomic E-state index is 12.6. The molecule has 0 bridgehead atoms. The molecule has 0 atom stereocenters. The van der Waals surface area contributed by atoms with Crippen LogP contribution >= 0.6 is 11.6 Å². The Bertz CT molecular complexity index is 1090. The predicted molar refractivity (Wildman–Crippen MR) is 103 cm³/mol. The molecular formula is C20H15ClN4O3. The Morgan fingerprint density at radius 2 is 1.79 bits per heavy atom. The number of aryl methyl sites for hydroxylation is 1. The zero-order valence-corrected chi connectivity index (χ0v) is 15.6. The highest BCUT2D eigenvalue weighted by Gasteiger charge is 2.35. The zero-order valence-electron chi connectivity index (χ0n) is 14.8. The largest absolute Gasteiger partial charge is 0.330 e. The van der Waals surface area contributed by atoms with Crippen molar-refractivity contribution in [3.8, 4) is 0 Å². The lowest BCUT2D eigenvalue weighted by Gasteiger charge is -2.17. The molecule has 1 aromatic heterocycles. The molecule has 8 heteroatoms. The van der Waals surface area contributed by atoms with Crippen molar-refractivity contribution in [1.82, 2.24) is 14.5 Å². The van der Waals surface area contributed by atoms with E-state index in [0.717, 1.165) is 4.90 Å². The number of hydrogen-bond acceptors (Lipinski definition) is 4. The molecule has 0 unspecified atom stereocenters. The number of imide groups is 1. The highest BCUT2D eigenvalue weighted by atomic mass is 35.5. The second-order valence-corrected chi connectivity index (χ2v) is 6.80. The molecule has 140 valence electrons. The monoisotopic (exact) mass is 394 g/mol. The number of anilines is 1. The Hall–Kier alpha value is -3.45. The number of carbonyl (C=O) groups excluding carboxylic acids is 3. The molecule has 2 heterocycles. The second kappa shape index (κ2) is 6.94. The van der Waals surface area contributed by atoms with Crippen LogP contribution < -0.4 is 5.32 Å². The van der Waals surface area contributed by atoms with Crippen molar-refractivity contribution in [3.05, 3.63) is 82.4 Å². The van der Waals surface area contributed by atoms with E-state index in [1.807, 2.05) is 0 Å². The van der Waals surface area contributed by atoms with E-state index >= 15 is 0 Å². The van der Waals surface area contributed by atoms with Crippen molar-refractivity contribution in [2.45, 2.75) is 6.54 Å². The van der Waals surface area contributed by atoms with Gasteiger partial charge in [-0.05, 0) is 35.9 Å². The van der Waals surface area contributed by atoms with Gasteiger partial charge in [-0.2, -0.15) is 0 Å². The summed E-state index contributed by atoms with van der Waals surface area (Å²) in [4.78, 5) is 42.9. The molecule has 0 saturated carbocycles. The van der Waals surface area contributed by atoms with Crippen LogP contribution in [-0.2, 0) is 13.6 Å². The quantitative estimate of drug-likeness (QED) is 0.689. The molecular weight excluding hydrogens is 380 g/mol. The number of hydrogen-bond donors (Lipinski definition) is 1. The molecule has 0 fully saturated rings. The molecule has 3 aromatic rings. The van der Waals surface area contributed by atoms with E-state index in [1.165, 1.54) is 6.20 Å². The minimum atomic E-state index is -0.404. The number of nitrogens with zero attached hydrogens (tertiary/aromatic N) is 3. The number of carbonyl (C=O) groups is 3. The number of amides is 3. The summed E-state index contributed by atoms with van der Waals surface area (Å²) >= 11 is 6.11. The van der Waals surface area contributed by atoms with Crippen LogP contribution in [0.15, 0.2) is 54.9 Å². The molecule has 2 aromatic carbocycles. The summed E-state index contributed by atoms with van der Waals surface area (Å²) in [7, 11) is 1.71. The average molecular weight is 395 g/mol. The molecule has 1 N–H and O–H groups in total. The third-order valence-electron chi connectivity index (χ3n) is 4.55. The molecule has 0 saturated heterocycles. The fourth-order valence-electron chi connectivity index (χ4n) is 3.13. The first-order chi connectivity index (χ1) is 13.5. The van der Waals surface area contributed by atoms with Gasteiger partial charge in [-0.25, -0.2) is 4.98 Å². The molecule has 28 heavy (non-hydrogen) atoms. The first kappa shape index (κ1) is 17.9. The van der Waals surface area contributed by atoms with E-state index < -0.39 is 5.91 Å². The first-order valence-corrected chi connectivity index (χ1v) is 8.86. The van der Waals surface area contributed by atoms with Gasteiger partial charge in [0.2, 0.25) is 0 Å². The Morgan fingerprint density at radius 3 is 2.39 bits per heavy atom. The fourth-order valence-corrected chi connectivity index (χ4v) is 3.33. The van der Waals surface area contributed by atoms with Crippen molar-refractivity contribution in [2.24, 2.45) is 7.05 Å². The maximum Gasteiger partial charge on any atom is 0.291 e. The summed E-state index contributed by atoms with van der Waals surface area (Å²) < 4.78 is 1.59. The van der Waals surface area contributed by atoms with Gasteiger partial charge in [0.15, 0.2) is 5.82 Å². The maximum atomic E-state index is 12.6. The van der Waals surface area contributed by atoms with Crippen LogP contribution in [0.1, 0.15) is 36.9 Å². The first-order valence-electron chi connectivity index (χ1n) is 8.48. The van der Waals surface area contributed by atoms with Gasteiger partial charge >= 0.3 is 0 Å². The number of benzene rings is 2. The lowest BCUT2D eigenvalue weighted by atomic mass is 10.1. The average Bonchev–Trinajstić information content (AvgIpc) is 3.21. The molecule has 3 amide bonds. The van der Waals surface area contributed by atoms with Crippen LogP contribution in [0, 0.1) is 0 Å². The summed E-state index contributed by atoms with van der Waals surface area (Å²) in [5, 5.41) is 3.21. The minimum Gasteiger partial charge on any atom is -0.330 e. The van der Waals surface area contributed by atoms with E-state index in [0.29, 0.717) is 27.4 Å². The molecule has 0 radical (unpaired) electrons. The van der Waals surface area contributed by atoms with Gasteiger partial charge in [-0.15, -0.1) is 0 Å². The Labute approximate surface area is 165 Å². The van der Waals surface area contributed by atoms with Gasteiger partial charge in [0.25, 0.3) is 17.7 Å². The van der Waals surface area contributed by atoms with Crippen molar-refractivity contribution in [1.29, 1.82) is 0 Å². The van der Waals surface area contributed by atoms with Gasteiger partial charge in [0.05, 0.1) is 17.7 Å². The molecule has 7 nitrogen and oxygen atoms in total. The number of aromatic nitrogens is 2. The van der Waals surface area contributed by atoms with Gasteiger partial charge < -0.3 is 9.88 Å². The summed E-state index contributed by atoms with van der Waals surface area (Å²) in [6.07, 6.45) is 3.19. The van der Waals surface area contributed by atoms with Crippen LogP contribution in [0.4, 0.5) is 5.69 Å². The van der Waals surface area contributed by atoms with Crippen molar-refractivity contribution >= 4 is 35.0 Å². The van der Waals surface area contributed by atoms with E-state index in [1.54, 1.807) is 60.3 Å². The van der Waals surface area contributed by atoms with Crippen molar-refractivity contribution in [2.75, 3.05) is 5.32 Å². The van der Waals surface area contributed by atoms with Crippen LogP contribution in [0.5, 0.6) is 0 Å². The van der Waals surface area contributed by atoms with Gasteiger partial charge in [0.1, 0.15) is 0 Å². The highest BCUT2D eigenvalue weighted by Crippen LogP contribution is 2.28. The molecule has 0 spiro atoms. The van der Waals surface area contributed by atoms with E-state index in [9.17, 15) is 14.4 Å². The number of imidazole rings is 1. The lowest BCUT2D eigenvalue weighted by Crippen LogP contribution is -2.29. The number of rotatable bonds is 4. The number of nitrogens with one attached hydrogen (secondary N) is 1. The van der Waals surface area contributed by atoms with Gasteiger partial charge in [-0.1, -0.05) is 23.7 Å². The Balaban J connectivity index is 1.63. The second-order valence-electron chi connectivity index (χ2n) is 6.36. The molecule has 4 rings (SSSR count). The molecule has 1 aliphatic heterocycles. The van der Waals surface area contributed by atoms with Gasteiger partial charge in [-0.3, -0.25) is 19.3 Å². The van der Waals surface area contributed by atoms with Crippen LogP contribution in [-0.4, -0.2) is 32.2 Å². The molecule has 0 aliphatic carbocycles. The summed E-state index contributed by atoms with van der Waals surface area (Å²) in [6.45, 7) is -0.0108. The standard InChI is InChI=1S/C20H15ClN4O3/c1-24-9-8-22-17(24)18(26)23-16-7-6-13(21)10-12(16)11-25-19(27)14-4-2-3-5-15(14)20(25)28/h2-10H,11H2,1H3,(H,23,26). The normalized spacial score (nSPS) is 13.0. The van der Waals surface area contributed by atoms with Crippen LogP contribution in [0.2, 0.25) is 5.02 Å². The van der Waals surface area contributed by atoms with E-state index in [2.05, 4.69) is 10.3 Å². The molecule has 1 aliphatic rings. The van der Waals surface area contributed by atoms with Crippen LogP contribution in [0.3, 0.4) is 0 Å². The smallest absolute Gasteiger partial charge is 0.291 e. The van der Waals surface area contributed by atoms with Crippen LogP contribution in [0.25, 0.3) is 0 Å². The van der Waals surface area contributed by atoms with E-state index in [-0.39, 0.29) is 24.2 Å². The van der Waals surface area contributed by atoms with E-state index in [4.69, 9.17) is 11.6 Å². The topological polar surface area (TPSA) is 84.3 Å².